The molecule has 66 valence electrons. The van der Waals surface area contributed by atoms with Crippen molar-refractivity contribution in [2.24, 2.45) is 13.0 Å². The third-order valence-corrected chi connectivity index (χ3v) is 2.18. The summed E-state index contributed by atoms with van der Waals surface area (Å²) >= 11 is 0. The molecule has 1 aliphatic rings. The highest BCUT2D eigenvalue weighted by Gasteiger charge is 2.16. The quantitative estimate of drug-likeness (QED) is 0.636. The first kappa shape index (κ1) is 7.67. The van der Waals surface area contributed by atoms with Gasteiger partial charge in [0.1, 0.15) is 0 Å². The molecule has 1 atom stereocenters. The molecule has 2 rings (SSSR count). The highest BCUT2D eigenvalue weighted by molar-refractivity contribution is 4.84. The summed E-state index contributed by atoms with van der Waals surface area (Å²) < 4.78 is 0. The first-order valence-corrected chi connectivity index (χ1v) is 4.28. The molecule has 5 heteroatoms. The minimum absolute atomic E-state index is 0.703. The topological polar surface area (TPSA) is 55.6 Å². The zero-order valence-corrected chi connectivity index (χ0v) is 7.19. The lowest BCUT2D eigenvalue weighted by Gasteiger charge is -2.01. The molecule has 1 aromatic rings. The van der Waals surface area contributed by atoms with Gasteiger partial charge in [0.25, 0.3) is 0 Å². The zero-order chi connectivity index (χ0) is 8.39. The molecule has 0 bridgehead atoms. The SMILES string of the molecule is Cn1nnc(CC2CCNC2)n1. The van der Waals surface area contributed by atoms with Crippen LogP contribution in [0.15, 0.2) is 0 Å². The van der Waals surface area contributed by atoms with E-state index in [-0.39, 0.29) is 0 Å². The van der Waals surface area contributed by atoms with Crippen LogP contribution < -0.4 is 5.32 Å². The van der Waals surface area contributed by atoms with Crippen LogP contribution in [-0.4, -0.2) is 33.3 Å². The summed E-state index contributed by atoms with van der Waals surface area (Å²) in [6, 6.07) is 0. The minimum Gasteiger partial charge on any atom is -0.316 e. The molecule has 1 aliphatic heterocycles. The van der Waals surface area contributed by atoms with Crippen LogP contribution in [0.5, 0.6) is 0 Å². The molecule has 0 aromatic carbocycles. The van der Waals surface area contributed by atoms with Crippen LogP contribution in [0.3, 0.4) is 0 Å². The minimum atomic E-state index is 0.703. The first-order chi connectivity index (χ1) is 5.84. The van der Waals surface area contributed by atoms with Crippen molar-refractivity contribution in [3.8, 4) is 0 Å². The third kappa shape index (κ3) is 1.61. The van der Waals surface area contributed by atoms with Crippen LogP contribution in [0, 0.1) is 5.92 Å². The Morgan fingerprint density at radius 3 is 3.17 bits per heavy atom. The summed E-state index contributed by atoms with van der Waals surface area (Å²) in [5.74, 6) is 1.57. The summed E-state index contributed by atoms with van der Waals surface area (Å²) in [4.78, 5) is 1.51. The van der Waals surface area contributed by atoms with Crippen molar-refractivity contribution in [3.05, 3.63) is 5.82 Å². The van der Waals surface area contributed by atoms with Gasteiger partial charge in [0.15, 0.2) is 5.82 Å². The Bertz CT molecular complexity index is 250. The number of hydrogen-bond donors (Lipinski definition) is 1. The van der Waals surface area contributed by atoms with Gasteiger partial charge in [-0.1, -0.05) is 0 Å². The van der Waals surface area contributed by atoms with E-state index in [0.29, 0.717) is 5.92 Å². The standard InChI is InChI=1S/C7H13N5/c1-12-10-7(9-11-12)4-6-2-3-8-5-6/h6,8H,2-5H2,1H3. The summed E-state index contributed by atoms with van der Waals surface area (Å²) in [5.41, 5.74) is 0. The molecule has 0 saturated carbocycles. The van der Waals surface area contributed by atoms with E-state index >= 15 is 0 Å². The van der Waals surface area contributed by atoms with Gasteiger partial charge < -0.3 is 5.32 Å². The molecule has 5 nitrogen and oxygen atoms in total. The molecule has 0 aliphatic carbocycles. The van der Waals surface area contributed by atoms with Crippen LogP contribution in [-0.2, 0) is 13.5 Å². The number of aromatic nitrogens is 4. The number of tetrazole rings is 1. The molecule has 1 fully saturated rings. The molecule has 2 heterocycles. The van der Waals surface area contributed by atoms with E-state index in [2.05, 4.69) is 20.7 Å². The Balaban J connectivity index is 1.94. The molecule has 12 heavy (non-hydrogen) atoms. The van der Waals surface area contributed by atoms with Crippen molar-refractivity contribution < 1.29 is 0 Å². The molecule has 0 amide bonds. The Hall–Kier alpha value is -0.970. The molecule has 1 N–H and O–H groups in total. The average molecular weight is 167 g/mol. The molecule has 0 spiro atoms. The van der Waals surface area contributed by atoms with Crippen molar-refractivity contribution in [2.45, 2.75) is 12.8 Å². The fourth-order valence-corrected chi connectivity index (χ4v) is 1.55. The van der Waals surface area contributed by atoms with E-state index in [4.69, 9.17) is 0 Å². The second-order valence-corrected chi connectivity index (χ2v) is 3.26. The van der Waals surface area contributed by atoms with E-state index in [1.54, 1.807) is 7.05 Å². The zero-order valence-electron chi connectivity index (χ0n) is 7.19. The average Bonchev–Trinajstić information content (AvgIpc) is 2.63. The molecule has 1 aromatic heterocycles. The molecular formula is C7H13N5. The Morgan fingerprint density at radius 2 is 2.58 bits per heavy atom. The summed E-state index contributed by atoms with van der Waals surface area (Å²) in [7, 11) is 1.80. The second-order valence-electron chi connectivity index (χ2n) is 3.26. The first-order valence-electron chi connectivity index (χ1n) is 4.28. The van der Waals surface area contributed by atoms with Gasteiger partial charge in [-0.25, -0.2) is 0 Å². The lowest BCUT2D eigenvalue weighted by atomic mass is 10.1. The molecule has 1 unspecified atom stereocenters. The van der Waals surface area contributed by atoms with Crippen molar-refractivity contribution in [1.29, 1.82) is 0 Å². The Morgan fingerprint density at radius 1 is 1.67 bits per heavy atom. The Kier molecular flexibility index (Phi) is 2.03. The Labute approximate surface area is 71.1 Å². The van der Waals surface area contributed by atoms with Crippen molar-refractivity contribution in [2.75, 3.05) is 13.1 Å². The van der Waals surface area contributed by atoms with Gasteiger partial charge >= 0.3 is 0 Å². The smallest absolute Gasteiger partial charge is 0.175 e. The summed E-state index contributed by atoms with van der Waals surface area (Å²) in [6.45, 7) is 2.23. The van der Waals surface area contributed by atoms with Crippen molar-refractivity contribution in [3.63, 3.8) is 0 Å². The van der Waals surface area contributed by atoms with Gasteiger partial charge in [0, 0.05) is 6.42 Å². The highest BCUT2D eigenvalue weighted by atomic mass is 15.6. The maximum atomic E-state index is 4.14. The highest BCUT2D eigenvalue weighted by Crippen LogP contribution is 2.11. The normalized spacial score (nSPS) is 23.2. The number of aryl methyl sites for hydroxylation is 1. The van der Waals surface area contributed by atoms with Crippen LogP contribution in [0.4, 0.5) is 0 Å². The monoisotopic (exact) mass is 167 g/mol. The fourth-order valence-electron chi connectivity index (χ4n) is 1.55. The lowest BCUT2D eigenvalue weighted by molar-refractivity contribution is 0.557. The fraction of sp³-hybridized carbons (Fsp3) is 0.857. The maximum Gasteiger partial charge on any atom is 0.175 e. The molecule has 1 saturated heterocycles. The maximum absolute atomic E-state index is 4.14. The van der Waals surface area contributed by atoms with Crippen LogP contribution in [0.2, 0.25) is 0 Å². The van der Waals surface area contributed by atoms with Crippen LogP contribution >= 0.6 is 0 Å². The second kappa shape index (κ2) is 3.18. The van der Waals surface area contributed by atoms with Crippen molar-refractivity contribution >= 4 is 0 Å². The predicted octanol–water partition coefficient (Wildman–Crippen LogP) is -0.638. The van der Waals surface area contributed by atoms with Crippen molar-refractivity contribution in [1.82, 2.24) is 25.5 Å². The third-order valence-electron chi connectivity index (χ3n) is 2.18. The number of nitrogens with zero attached hydrogens (tertiary/aromatic N) is 4. The van der Waals surface area contributed by atoms with E-state index in [0.717, 1.165) is 25.3 Å². The van der Waals surface area contributed by atoms with Crippen LogP contribution in [0.1, 0.15) is 12.2 Å². The number of nitrogens with one attached hydrogen (secondary N) is 1. The van der Waals surface area contributed by atoms with E-state index in [1.807, 2.05) is 0 Å². The van der Waals surface area contributed by atoms with Gasteiger partial charge in [-0.2, -0.15) is 4.80 Å². The largest absolute Gasteiger partial charge is 0.316 e. The van der Waals surface area contributed by atoms with Gasteiger partial charge in [-0.3, -0.25) is 0 Å². The van der Waals surface area contributed by atoms with Crippen LogP contribution in [0.25, 0.3) is 0 Å². The van der Waals surface area contributed by atoms with Gasteiger partial charge in [-0.15, -0.1) is 10.2 Å². The van der Waals surface area contributed by atoms with E-state index in [9.17, 15) is 0 Å². The van der Waals surface area contributed by atoms with E-state index < -0.39 is 0 Å². The number of hydrogen-bond acceptors (Lipinski definition) is 4. The molecular weight excluding hydrogens is 154 g/mol. The van der Waals surface area contributed by atoms with Gasteiger partial charge in [-0.05, 0) is 30.6 Å². The summed E-state index contributed by atoms with van der Waals surface area (Å²) in [6.07, 6.45) is 2.19. The summed E-state index contributed by atoms with van der Waals surface area (Å²) in [5, 5.41) is 15.2. The van der Waals surface area contributed by atoms with Gasteiger partial charge in [0.05, 0.1) is 7.05 Å². The lowest BCUT2D eigenvalue weighted by Crippen LogP contribution is -2.11. The number of rotatable bonds is 2. The predicted molar refractivity (Wildman–Crippen MR) is 43.5 cm³/mol. The molecule has 0 radical (unpaired) electrons. The van der Waals surface area contributed by atoms with Gasteiger partial charge in [0.2, 0.25) is 0 Å². The van der Waals surface area contributed by atoms with E-state index in [1.165, 1.54) is 11.2 Å².